The van der Waals surface area contributed by atoms with Crippen LogP contribution in [0.25, 0.3) is 16.9 Å². The van der Waals surface area contributed by atoms with E-state index in [1.165, 1.54) is 0 Å². The lowest BCUT2D eigenvalue weighted by Gasteiger charge is -2.28. The first-order chi connectivity index (χ1) is 17.5. The zero-order chi connectivity index (χ0) is 25.2. The Bertz CT molecular complexity index is 1240. The van der Waals surface area contributed by atoms with E-state index in [0.717, 1.165) is 72.6 Å². The molecule has 9 heteroatoms. The maximum atomic E-state index is 13.6. The Kier molecular flexibility index (Phi) is 7.53. The fourth-order valence-electron chi connectivity index (χ4n) is 5.31. The van der Waals surface area contributed by atoms with Crippen LogP contribution in [0, 0.1) is 0 Å². The number of hydrogen-bond acceptors (Lipinski definition) is 5. The lowest BCUT2D eigenvalue weighted by Crippen LogP contribution is -2.48. The Hall–Kier alpha value is -2.58. The zero-order valence-electron chi connectivity index (χ0n) is 20.5. The molecule has 0 radical (unpaired) electrons. The van der Waals surface area contributed by atoms with E-state index >= 15 is 0 Å². The van der Waals surface area contributed by atoms with Crippen LogP contribution >= 0.6 is 23.2 Å². The van der Waals surface area contributed by atoms with Gasteiger partial charge in [-0.1, -0.05) is 23.2 Å². The molecule has 2 atom stereocenters. The third kappa shape index (κ3) is 4.85. The van der Waals surface area contributed by atoms with Gasteiger partial charge >= 0.3 is 0 Å². The Morgan fingerprint density at radius 1 is 1.11 bits per heavy atom. The monoisotopic (exact) mass is 528 g/mol. The van der Waals surface area contributed by atoms with E-state index in [9.17, 15) is 4.79 Å². The minimum Gasteiger partial charge on any atom is -0.497 e. The van der Waals surface area contributed by atoms with Gasteiger partial charge in [-0.3, -0.25) is 10.2 Å². The number of hydrazine groups is 1. The number of benzene rings is 2. The molecular formula is C27H30Cl2N4O3. The van der Waals surface area contributed by atoms with Crippen LogP contribution in [0.4, 0.5) is 0 Å². The van der Waals surface area contributed by atoms with Crippen molar-refractivity contribution in [2.24, 2.45) is 0 Å². The second-order valence-corrected chi connectivity index (χ2v) is 10.2. The van der Waals surface area contributed by atoms with E-state index in [1.54, 1.807) is 26.4 Å². The molecule has 36 heavy (non-hydrogen) atoms. The third-order valence-electron chi connectivity index (χ3n) is 7.07. The van der Waals surface area contributed by atoms with Gasteiger partial charge in [-0.15, -0.1) is 0 Å². The molecule has 1 fully saturated rings. The summed E-state index contributed by atoms with van der Waals surface area (Å²) in [4.78, 5) is 13.6. The molecule has 1 N–H and O–H groups in total. The number of carbonyl (C=O) groups excluding carboxylic acids is 1. The number of ether oxygens (including phenoxy) is 2. The van der Waals surface area contributed by atoms with Gasteiger partial charge in [-0.2, -0.15) is 5.10 Å². The van der Waals surface area contributed by atoms with Crippen molar-refractivity contribution in [1.29, 1.82) is 0 Å². The van der Waals surface area contributed by atoms with Crippen LogP contribution in [-0.4, -0.2) is 54.1 Å². The first-order valence-electron chi connectivity index (χ1n) is 12.3. The Morgan fingerprint density at radius 2 is 1.92 bits per heavy atom. The third-order valence-corrected chi connectivity index (χ3v) is 7.61. The van der Waals surface area contributed by atoms with Gasteiger partial charge in [0.15, 0.2) is 0 Å². The van der Waals surface area contributed by atoms with Crippen molar-refractivity contribution in [3.05, 3.63) is 63.8 Å². The molecule has 7 nitrogen and oxygen atoms in total. The van der Waals surface area contributed by atoms with E-state index in [-0.39, 0.29) is 17.9 Å². The maximum Gasteiger partial charge on any atom is 0.243 e. The van der Waals surface area contributed by atoms with Crippen LogP contribution in [0.5, 0.6) is 5.75 Å². The number of carbonyl (C=O) groups is 1. The summed E-state index contributed by atoms with van der Waals surface area (Å²) >= 11 is 12.8. The highest BCUT2D eigenvalue weighted by molar-refractivity contribution is 6.35. The molecule has 2 aromatic carbocycles. The predicted octanol–water partition coefficient (Wildman–Crippen LogP) is 5.42. The molecule has 1 aliphatic carbocycles. The molecule has 2 heterocycles. The molecule has 1 saturated heterocycles. The molecule has 1 aliphatic heterocycles. The van der Waals surface area contributed by atoms with Crippen LogP contribution in [0.2, 0.25) is 10.0 Å². The van der Waals surface area contributed by atoms with Crippen LogP contribution in [0.15, 0.2) is 42.5 Å². The number of nitrogens with zero attached hydrogens (tertiary/aromatic N) is 3. The summed E-state index contributed by atoms with van der Waals surface area (Å²) in [6.45, 7) is 1.42. The van der Waals surface area contributed by atoms with E-state index in [4.69, 9.17) is 37.8 Å². The lowest BCUT2D eigenvalue weighted by atomic mass is 9.85. The second-order valence-electron chi connectivity index (χ2n) is 9.31. The summed E-state index contributed by atoms with van der Waals surface area (Å²) in [6, 6.07) is 13.5. The van der Waals surface area contributed by atoms with E-state index in [1.807, 2.05) is 40.0 Å². The van der Waals surface area contributed by atoms with Crippen LogP contribution in [-0.2, 0) is 16.0 Å². The Balaban J connectivity index is 1.56. The van der Waals surface area contributed by atoms with Crippen molar-refractivity contribution in [2.75, 3.05) is 27.4 Å². The summed E-state index contributed by atoms with van der Waals surface area (Å²) < 4.78 is 12.6. The standard InChI is InChI=1S/C27H30Cl2N4O3/c1-35-16-19-5-4-14-32(19)31-27(34)22-7-3-6-21-25(22)30-33(24-13-10-18(28)15-23(24)29)26(21)17-8-11-20(36-2)12-9-17/h8-13,15,19,22H,3-7,14,16H2,1-2H3,(H,31,34)/t19-,22?/m1/s1. The van der Waals surface area contributed by atoms with Gasteiger partial charge in [-0.05, 0) is 74.6 Å². The minimum absolute atomic E-state index is 0.0212. The largest absolute Gasteiger partial charge is 0.497 e. The van der Waals surface area contributed by atoms with E-state index in [0.29, 0.717) is 16.7 Å². The molecule has 0 bridgehead atoms. The van der Waals surface area contributed by atoms with Crippen molar-refractivity contribution in [2.45, 2.75) is 44.1 Å². The van der Waals surface area contributed by atoms with E-state index in [2.05, 4.69) is 5.43 Å². The summed E-state index contributed by atoms with van der Waals surface area (Å²) in [6.07, 6.45) is 4.53. The topological polar surface area (TPSA) is 68.6 Å². The minimum atomic E-state index is -0.345. The van der Waals surface area contributed by atoms with Gasteiger partial charge in [-0.25, -0.2) is 9.69 Å². The van der Waals surface area contributed by atoms with Gasteiger partial charge in [0, 0.05) is 29.8 Å². The highest BCUT2D eigenvalue weighted by atomic mass is 35.5. The number of amides is 1. The molecular weight excluding hydrogens is 499 g/mol. The number of rotatable bonds is 7. The fourth-order valence-corrected chi connectivity index (χ4v) is 5.80. The van der Waals surface area contributed by atoms with Crippen LogP contribution in [0.1, 0.15) is 42.9 Å². The number of aromatic nitrogens is 2. The predicted molar refractivity (Wildman–Crippen MR) is 141 cm³/mol. The first kappa shape index (κ1) is 25.1. The molecule has 3 aromatic rings. The molecule has 5 rings (SSSR count). The quantitative estimate of drug-likeness (QED) is 0.443. The second kappa shape index (κ2) is 10.8. The van der Waals surface area contributed by atoms with Crippen LogP contribution in [0.3, 0.4) is 0 Å². The molecule has 1 unspecified atom stereocenters. The molecule has 190 valence electrons. The van der Waals surface area contributed by atoms with Crippen molar-refractivity contribution in [3.8, 4) is 22.7 Å². The fraction of sp³-hybridized carbons (Fsp3) is 0.407. The van der Waals surface area contributed by atoms with Gasteiger partial charge < -0.3 is 9.47 Å². The number of nitrogens with one attached hydrogen (secondary N) is 1. The molecule has 2 aliphatic rings. The van der Waals surface area contributed by atoms with Crippen molar-refractivity contribution < 1.29 is 14.3 Å². The lowest BCUT2D eigenvalue weighted by molar-refractivity contribution is -0.128. The molecule has 0 saturated carbocycles. The molecule has 0 spiro atoms. The Morgan fingerprint density at radius 3 is 2.64 bits per heavy atom. The maximum absolute atomic E-state index is 13.6. The highest BCUT2D eigenvalue weighted by Crippen LogP contribution is 2.40. The summed E-state index contributed by atoms with van der Waals surface area (Å²) in [7, 11) is 3.34. The first-order valence-corrected chi connectivity index (χ1v) is 13.0. The summed E-state index contributed by atoms with van der Waals surface area (Å²) in [5.41, 5.74) is 7.69. The van der Waals surface area contributed by atoms with Gasteiger partial charge in [0.25, 0.3) is 0 Å². The average molecular weight is 529 g/mol. The SMILES string of the molecule is COC[C@H]1CCCN1NC(=O)C1CCCc2c1nn(-c1ccc(Cl)cc1Cl)c2-c1ccc(OC)cc1. The number of methoxy groups -OCH3 is 2. The summed E-state index contributed by atoms with van der Waals surface area (Å²) in [5.74, 6) is 0.408. The van der Waals surface area contributed by atoms with Gasteiger partial charge in [0.2, 0.25) is 5.91 Å². The van der Waals surface area contributed by atoms with Crippen molar-refractivity contribution in [1.82, 2.24) is 20.2 Å². The normalized spacial score (nSPS) is 19.8. The highest BCUT2D eigenvalue weighted by Gasteiger charge is 2.35. The molecule has 1 aromatic heterocycles. The number of hydrogen-bond donors (Lipinski definition) is 1. The van der Waals surface area contributed by atoms with E-state index < -0.39 is 0 Å². The zero-order valence-corrected chi connectivity index (χ0v) is 22.0. The van der Waals surface area contributed by atoms with Crippen LogP contribution < -0.4 is 10.2 Å². The Labute approximate surface area is 221 Å². The van der Waals surface area contributed by atoms with Crippen molar-refractivity contribution >= 4 is 29.1 Å². The average Bonchev–Trinajstić information content (AvgIpc) is 3.48. The number of fused-ring (bicyclic) bond motifs is 1. The van der Waals surface area contributed by atoms with Gasteiger partial charge in [0.1, 0.15) is 5.75 Å². The smallest absolute Gasteiger partial charge is 0.243 e. The van der Waals surface area contributed by atoms with Gasteiger partial charge in [0.05, 0.1) is 47.8 Å². The molecule has 1 amide bonds. The van der Waals surface area contributed by atoms with Crippen molar-refractivity contribution in [3.63, 3.8) is 0 Å². The summed E-state index contributed by atoms with van der Waals surface area (Å²) in [5, 5.41) is 8.10. The number of halogens is 2.